The molecule has 0 bridgehead atoms. The first-order valence-electron chi connectivity index (χ1n) is 8.22. The largest absolute Gasteiger partial charge is 1.00 e. The van der Waals surface area contributed by atoms with Crippen LogP contribution in [-0.2, 0) is 9.59 Å². The van der Waals surface area contributed by atoms with Crippen LogP contribution in [0.3, 0.4) is 0 Å². The first kappa shape index (κ1) is 28.1. The van der Waals surface area contributed by atoms with Crippen LogP contribution in [0, 0.1) is 0 Å². The van der Waals surface area contributed by atoms with Gasteiger partial charge in [-0.25, -0.2) is 4.79 Å². The van der Waals surface area contributed by atoms with Crippen LogP contribution in [0.4, 0.5) is 0 Å². The summed E-state index contributed by atoms with van der Waals surface area (Å²) < 4.78 is 0. The molecular formula is C17H32KNO4. The summed E-state index contributed by atoms with van der Waals surface area (Å²) in [7, 11) is 0. The Bertz CT molecular complexity index is 295. The van der Waals surface area contributed by atoms with Gasteiger partial charge in [-0.2, -0.15) is 0 Å². The molecule has 130 valence electrons. The zero-order valence-electron chi connectivity index (χ0n) is 15.3. The summed E-state index contributed by atoms with van der Waals surface area (Å²) in [5.41, 5.74) is 6.61. The molecule has 0 aliphatic heterocycles. The number of carbonyl (C=O) groups excluding carboxylic acids is 1. The van der Waals surface area contributed by atoms with Gasteiger partial charge in [0.2, 0.25) is 0 Å². The quantitative estimate of drug-likeness (QED) is 0.390. The molecular weight excluding hydrogens is 321 g/mol. The molecule has 0 aromatic rings. The molecule has 6 heteroatoms. The Morgan fingerprint density at radius 1 is 0.957 bits per heavy atom. The van der Waals surface area contributed by atoms with E-state index in [0.29, 0.717) is 12.2 Å². The summed E-state index contributed by atoms with van der Waals surface area (Å²) in [6.45, 7) is 6.75. The van der Waals surface area contributed by atoms with Crippen molar-refractivity contribution in [2.45, 2.75) is 84.1 Å². The van der Waals surface area contributed by atoms with Gasteiger partial charge >= 0.3 is 57.4 Å². The van der Waals surface area contributed by atoms with Crippen molar-refractivity contribution >= 4 is 11.9 Å². The minimum absolute atomic E-state index is 0. The number of rotatable bonds is 11. The molecule has 0 aliphatic rings. The Morgan fingerprint density at radius 3 is 1.48 bits per heavy atom. The van der Waals surface area contributed by atoms with Crippen molar-refractivity contribution in [3.63, 3.8) is 0 Å². The molecule has 0 unspecified atom stereocenters. The number of hydrogen-bond donors (Lipinski definition) is 2. The minimum atomic E-state index is -1.51. The van der Waals surface area contributed by atoms with Gasteiger partial charge in [-0.3, -0.25) is 0 Å². The third kappa shape index (κ3) is 22.3. The Hall–Kier alpha value is 0.276. The fourth-order valence-electron chi connectivity index (χ4n) is 2.10. The predicted molar refractivity (Wildman–Crippen MR) is 87.3 cm³/mol. The van der Waals surface area contributed by atoms with E-state index in [4.69, 9.17) is 10.8 Å². The monoisotopic (exact) mass is 353 g/mol. The van der Waals surface area contributed by atoms with Crippen molar-refractivity contribution in [1.82, 2.24) is 0 Å². The molecule has 0 spiro atoms. The van der Waals surface area contributed by atoms with E-state index in [9.17, 15) is 14.7 Å². The molecule has 0 saturated carbocycles. The third-order valence-corrected chi connectivity index (χ3v) is 3.45. The van der Waals surface area contributed by atoms with Crippen LogP contribution in [0.2, 0.25) is 0 Å². The maximum atomic E-state index is 9.53. The third-order valence-electron chi connectivity index (χ3n) is 3.45. The van der Waals surface area contributed by atoms with E-state index >= 15 is 0 Å². The molecule has 0 amide bonds. The molecule has 5 nitrogen and oxygen atoms in total. The van der Waals surface area contributed by atoms with Gasteiger partial charge in [0.05, 0.1) is 5.97 Å². The Kier molecular flexibility index (Phi) is 22.7. The first-order chi connectivity index (χ1) is 10.3. The summed E-state index contributed by atoms with van der Waals surface area (Å²) in [4.78, 5) is 19.0. The Balaban J connectivity index is -0.000000382. The predicted octanol–water partition coefficient (Wildman–Crippen LogP) is -0.364. The molecule has 23 heavy (non-hydrogen) atoms. The van der Waals surface area contributed by atoms with E-state index < -0.39 is 11.9 Å². The van der Waals surface area contributed by atoms with Crippen LogP contribution in [0.15, 0.2) is 12.2 Å². The van der Waals surface area contributed by atoms with Crippen LogP contribution in [0.5, 0.6) is 0 Å². The zero-order chi connectivity index (χ0) is 17.4. The van der Waals surface area contributed by atoms with Crippen molar-refractivity contribution in [2.75, 3.05) is 0 Å². The smallest absolute Gasteiger partial charge is 0.545 e. The van der Waals surface area contributed by atoms with Crippen LogP contribution in [0.1, 0.15) is 78.6 Å². The second kappa shape index (κ2) is 18.6. The summed E-state index contributed by atoms with van der Waals surface area (Å²) in [6, 6.07) is 0. The van der Waals surface area contributed by atoms with Crippen molar-refractivity contribution in [3.8, 4) is 0 Å². The molecule has 0 aliphatic carbocycles. The second-order valence-corrected chi connectivity index (χ2v) is 5.66. The van der Waals surface area contributed by atoms with Gasteiger partial charge < -0.3 is 20.7 Å². The maximum absolute atomic E-state index is 9.53. The van der Waals surface area contributed by atoms with Gasteiger partial charge in [-0.1, -0.05) is 59.3 Å². The van der Waals surface area contributed by atoms with E-state index in [1.807, 2.05) is 0 Å². The molecule has 0 aromatic carbocycles. The van der Waals surface area contributed by atoms with Crippen LogP contribution in [-0.4, -0.2) is 22.6 Å². The normalized spacial score (nSPS) is 10.6. The van der Waals surface area contributed by atoms with Crippen molar-refractivity contribution in [3.05, 3.63) is 12.2 Å². The van der Waals surface area contributed by atoms with Crippen LogP contribution in [0.25, 0.3) is 0 Å². The molecule has 0 saturated heterocycles. The van der Waals surface area contributed by atoms with E-state index in [2.05, 4.69) is 20.8 Å². The van der Waals surface area contributed by atoms with Crippen molar-refractivity contribution in [1.29, 1.82) is 0 Å². The molecule has 0 aromatic heterocycles. The summed E-state index contributed by atoms with van der Waals surface area (Å²) >= 11 is 0. The van der Waals surface area contributed by atoms with E-state index in [-0.39, 0.29) is 56.9 Å². The number of carbonyl (C=O) groups is 2. The van der Waals surface area contributed by atoms with Gasteiger partial charge in [0, 0.05) is 11.6 Å². The van der Waals surface area contributed by atoms with Gasteiger partial charge in [-0.05, 0) is 25.3 Å². The van der Waals surface area contributed by atoms with Crippen LogP contribution < -0.4 is 62.2 Å². The van der Waals surface area contributed by atoms with E-state index in [1.54, 1.807) is 0 Å². The number of carboxylic acid groups (broad SMARTS) is 2. The van der Waals surface area contributed by atoms with Crippen LogP contribution >= 0.6 is 0 Å². The Labute approximate surface area is 183 Å². The number of unbranched alkanes of at least 4 members (excludes halogenated alkanes) is 3. The van der Waals surface area contributed by atoms with Gasteiger partial charge in [0.25, 0.3) is 0 Å². The summed E-state index contributed by atoms with van der Waals surface area (Å²) in [6.07, 6.45) is 12.3. The van der Waals surface area contributed by atoms with E-state index in [1.165, 1.54) is 57.8 Å². The standard InChI is InChI=1S/C13H29N.C4H4O4.K/c1-4-7-10-13(14,11-8-5-2)12-9-6-3;5-3(6)1-2-4(7)8;/h4-12,14H2,1-3H3;1-2H,(H,5,6)(H,7,8);/q;;+1/p-1/b;2-1+;. The van der Waals surface area contributed by atoms with Gasteiger partial charge in [0.15, 0.2) is 0 Å². The topological polar surface area (TPSA) is 103 Å². The summed E-state index contributed by atoms with van der Waals surface area (Å²) in [5, 5.41) is 17.2. The number of carboxylic acids is 2. The average Bonchev–Trinajstić information content (AvgIpc) is 2.48. The molecule has 0 atom stereocenters. The molecule has 0 fully saturated rings. The fourth-order valence-corrected chi connectivity index (χ4v) is 2.10. The van der Waals surface area contributed by atoms with Gasteiger partial charge in [0.1, 0.15) is 0 Å². The number of nitrogens with two attached hydrogens (primary N) is 1. The van der Waals surface area contributed by atoms with E-state index in [0.717, 1.165) is 0 Å². The average molecular weight is 354 g/mol. The summed E-state index contributed by atoms with van der Waals surface area (Å²) in [5.74, 6) is -2.80. The molecule has 0 heterocycles. The fraction of sp³-hybridized carbons (Fsp3) is 0.765. The van der Waals surface area contributed by atoms with Crippen molar-refractivity contribution < 1.29 is 71.2 Å². The minimum Gasteiger partial charge on any atom is -0.545 e. The maximum Gasteiger partial charge on any atom is 1.00 e. The molecule has 0 radical (unpaired) electrons. The second-order valence-electron chi connectivity index (χ2n) is 5.66. The van der Waals surface area contributed by atoms with Gasteiger partial charge in [-0.15, -0.1) is 0 Å². The molecule has 0 rings (SSSR count). The zero-order valence-corrected chi connectivity index (χ0v) is 18.4. The number of hydrogen-bond acceptors (Lipinski definition) is 4. The SMILES string of the molecule is CCCCC(N)(CCCC)CCCC.O=C([O-])/C=C/C(=O)O.[K+]. The Morgan fingerprint density at radius 2 is 1.30 bits per heavy atom. The first-order valence-corrected chi connectivity index (χ1v) is 8.22. The van der Waals surface area contributed by atoms with Crippen molar-refractivity contribution in [2.24, 2.45) is 5.73 Å². The molecule has 3 N–H and O–H groups in total. The number of aliphatic carboxylic acids is 2.